The standard InChI is InChI=1S/C21H20N4O2S4/c26-18-16(30-20(28)24-18)10-22-14-5-1-12(2-6-14)9-13-3-7-15(8-4-13)23-11-17-19(27)25-21(29)31-17/h1-8,16-17,22-23H,9-11H2,(H,24,26,28)(H,25,27,29). The van der Waals surface area contributed by atoms with E-state index in [2.05, 4.69) is 45.5 Å². The van der Waals surface area contributed by atoms with E-state index in [1.807, 2.05) is 24.3 Å². The minimum Gasteiger partial charge on any atom is -0.383 e. The molecule has 31 heavy (non-hydrogen) atoms. The van der Waals surface area contributed by atoms with Crippen LogP contribution in [0.3, 0.4) is 0 Å². The molecular formula is C21H20N4O2S4. The van der Waals surface area contributed by atoms with Gasteiger partial charge in [0.15, 0.2) is 0 Å². The quantitative estimate of drug-likeness (QED) is 0.422. The predicted octanol–water partition coefficient (Wildman–Crippen LogP) is 3.13. The van der Waals surface area contributed by atoms with Crippen LogP contribution < -0.4 is 21.3 Å². The number of thiocarbonyl (C=S) groups is 2. The van der Waals surface area contributed by atoms with E-state index < -0.39 is 0 Å². The number of hydrogen-bond acceptors (Lipinski definition) is 8. The van der Waals surface area contributed by atoms with Gasteiger partial charge in [-0.05, 0) is 41.8 Å². The Morgan fingerprint density at radius 1 is 0.710 bits per heavy atom. The number of rotatable bonds is 8. The molecule has 2 aliphatic heterocycles. The number of carbonyl (C=O) groups excluding carboxylic acids is 2. The summed E-state index contributed by atoms with van der Waals surface area (Å²) in [6.45, 7) is 1.08. The van der Waals surface area contributed by atoms with E-state index in [4.69, 9.17) is 24.4 Å². The molecule has 2 fully saturated rings. The summed E-state index contributed by atoms with van der Waals surface area (Å²) in [5, 5.41) is 11.5. The van der Waals surface area contributed by atoms with E-state index >= 15 is 0 Å². The third kappa shape index (κ3) is 5.97. The topological polar surface area (TPSA) is 82.3 Å². The molecule has 2 aliphatic rings. The molecule has 0 spiro atoms. The van der Waals surface area contributed by atoms with Gasteiger partial charge in [-0.25, -0.2) is 0 Å². The molecule has 2 atom stereocenters. The molecule has 4 N–H and O–H groups in total. The van der Waals surface area contributed by atoms with Crippen LogP contribution in [0, 0.1) is 0 Å². The summed E-state index contributed by atoms with van der Waals surface area (Å²) >= 11 is 12.8. The SMILES string of the molecule is O=C1NC(=S)SC1CNc1ccc(Cc2ccc(NCC3SC(=S)NC3=O)cc2)cc1. The maximum absolute atomic E-state index is 11.7. The number of nitrogens with one attached hydrogen (secondary N) is 4. The fourth-order valence-corrected chi connectivity index (χ4v) is 5.59. The van der Waals surface area contributed by atoms with E-state index in [0.29, 0.717) is 21.7 Å². The lowest BCUT2D eigenvalue weighted by molar-refractivity contribution is -0.119. The van der Waals surface area contributed by atoms with E-state index in [1.165, 1.54) is 34.7 Å². The van der Waals surface area contributed by atoms with Gasteiger partial charge in [0.2, 0.25) is 11.8 Å². The molecule has 6 nitrogen and oxygen atoms in total. The minimum absolute atomic E-state index is 0.0363. The van der Waals surface area contributed by atoms with Crippen molar-refractivity contribution in [2.24, 2.45) is 0 Å². The van der Waals surface area contributed by atoms with Gasteiger partial charge < -0.3 is 21.3 Å². The zero-order chi connectivity index (χ0) is 21.8. The van der Waals surface area contributed by atoms with Gasteiger partial charge in [-0.3, -0.25) is 9.59 Å². The normalized spacial score (nSPS) is 20.5. The smallest absolute Gasteiger partial charge is 0.240 e. The highest BCUT2D eigenvalue weighted by molar-refractivity contribution is 8.24. The van der Waals surface area contributed by atoms with E-state index in [-0.39, 0.29) is 22.3 Å². The molecule has 2 heterocycles. The van der Waals surface area contributed by atoms with E-state index in [0.717, 1.165) is 17.8 Å². The molecule has 4 rings (SSSR count). The first-order valence-electron chi connectivity index (χ1n) is 9.65. The van der Waals surface area contributed by atoms with Crippen molar-refractivity contribution >= 4 is 79.8 Å². The summed E-state index contributed by atoms with van der Waals surface area (Å²) in [6.07, 6.45) is 0.824. The van der Waals surface area contributed by atoms with Gasteiger partial charge in [0.1, 0.15) is 19.1 Å². The molecule has 10 heteroatoms. The highest BCUT2D eigenvalue weighted by Gasteiger charge is 2.29. The largest absolute Gasteiger partial charge is 0.383 e. The van der Waals surface area contributed by atoms with Gasteiger partial charge in [-0.2, -0.15) is 0 Å². The van der Waals surface area contributed by atoms with Crippen molar-refractivity contribution in [2.75, 3.05) is 23.7 Å². The van der Waals surface area contributed by atoms with Crippen molar-refractivity contribution in [3.8, 4) is 0 Å². The van der Waals surface area contributed by atoms with Gasteiger partial charge >= 0.3 is 0 Å². The zero-order valence-electron chi connectivity index (χ0n) is 16.3. The number of hydrogen-bond donors (Lipinski definition) is 4. The van der Waals surface area contributed by atoms with Crippen molar-refractivity contribution in [3.05, 3.63) is 59.7 Å². The molecule has 2 unspecified atom stereocenters. The fourth-order valence-electron chi connectivity index (χ4n) is 3.19. The maximum Gasteiger partial charge on any atom is 0.240 e. The number of anilines is 2. The van der Waals surface area contributed by atoms with Gasteiger partial charge in [0, 0.05) is 24.5 Å². The van der Waals surface area contributed by atoms with Crippen LogP contribution >= 0.6 is 48.0 Å². The fraction of sp³-hybridized carbons (Fsp3) is 0.238. The van der Waals surface area contributed by atoms with Crippen LogP contribution in [0.25, 0.3) is 0 Å². The average Bonchev–Trinajstić information content (AvgIpc) is 3.25. The Morgan fingerprint density at radius 2 is 1.10 bits per heavy atom. The Kier molecular flexibility index (Phi) is 7.11. The molecule has 2 saturated heterocycles. The first-order valence-corrected chi connectivity index (χ1v) is 12.2. The number of amides is 2. The Labute approximate surface area is 199 Å². The summed E-state index contributed by atoms with van der Waals surface area (Å²) in [7, 11) is 0. The van der Waals surface area contributed by atoms with E-state index in [1.54, 1.807) is 0 Å². The molecule has 160 valence electrons. The summed E-state index contributed by atoms with van der Waals surface area (Å²) < 4.78 is 1.08. The Morgan fingerprint density at radius 3 is 1.42 bits per heavy atom. The van der Waals surface area contributed by atoms with Gasteiger partial charge in [-0.15, -0.1) is 0 Å². The highest BCUT2D eigenvalue weighted by atomic mass is 32.2. The molecular weight excluding hydrogens is 469 g/mol. The lowest BCUT2D eigenvalue weighted by atomic mass is 10.0. The van der Waals surface area contributed by atoms with Crippen molar-refractivity contribution in [3.63, 3.8) is 0 Å². The molecule has 0 aliphatic carbocycles. The summed E-state index contributed by atoms with van der Waals surface area (Å²) in [4.78, 5) is 23.5. The third-order valence-electron chi connectivity index (χ3n) is 4.83. The molecule has 0 radical (unpaired) electrons. The lowest BCUT2D eigenvalue weighted by Gasteiger charge is -2.11. The maximum atomic E-state index is 11.7. The van der Waals surface area contributed by atoms with Crippen LogP contribution in [0.5, 0.6) is 0 Å². The lowest BCUT2D eigenvalue weighted by Crippen LogP contribution is -2.28. The van der Waals surface area contributed by atoms with Gasteiger partial charge in [0.05, 0.1) is 0 Å². The van der Waals surface area contributed by atoms with Crippen molar-refractivity contribution < 1.29 is 9.59 Å². The van der Waals surface area contributed by atoms with Gasteiger partial charge in [0.25, 0.3) is 0 Å². The number of thioether (sulfide) groups is 2. The number of benzene rings is 2. The van der Waals surface area contributed by atoms with Crippen LogP contribution in [0.2, 0.25) is 0 Å². The molecule has 2 aromatic rings. The Hall–Kier alpha value is -2.14. The van der Waals surface area contributed by atoms with Gasteiger partial charge in [-0.1, -0.05) is 72.2 Å². The molecule has 2 amide bonds. The van der Waals surface area contributed by atoms with Crippen LogP contribution in [0.15, 0.2) is 48.5 Å². The second-order valence-electron chi connectivity index (χ2n) is 7.10. The summed E-state index contributed by atoms with van der Waals surface area (Å²) in [6, 6.07) is 16.4. The highest BCUT2D eigenvalue weighted by Crippen LogP contribution is 2.22. The minimum atomic E-state index is -0.183. The second kappa shape index (κ2) is 9.99. The van der Waals surface area contributed by atoms with Crippen LogP contribution in [-0.2, 0) is 16.0 Å². The van der Waals surface area contributed by atoms with Crippen LogP contribution in [0.4, 0.5) is 11.4 Å². The van der Waals surface area contributed by atoms with Crippen molar-refractivity contribution in [1.29, 1.82) is 0 Å². The average molecular weight is 489 g/mol. The zero-order valence-corrected chi connectivity index (χ0v) is 19.6. The summed E-state index contributed by atoms with van der Waals surface area (Å²) in [5.41, 5.74) is 4.35. The van der Waals surface area contributed by atoms with E-state index in [9.17, 15) is 9.59 Å². The third-order valence-corrected chi connectivity index (χ3v) is 7.58. The monoisotopic (exact) mass is 488 g/mol. The van der Waals surface area contributed by atoms with Crippen molar-refractivity contribution in [1.82, 2.24) is 10.6 Å². The first kappa shape index (κ1) is 22.1. The first-order chi connectivity index (χ1) is 15.0. The second-order valence-corrected chi connectivity index (χ2v) is 10.9. The molecule has 2 aromatic carbocycles. The Balaban J connectivity index is 1.25. The summed E-state index contributed by atoms with van der Waals surface area (Å²) in [5.74, 6) is -0.0726. The van der Waals surface area contributed by atoms with Crippen molar-refractivity contribution in [2.45, 2.75) is 16.9 Å². The van der Waals surface area contributed by atoms with Crippen LogP contribution in [-0.4, -0.2) is 44.0 Å². The van der Waals surface area contributed by atoms with Crippen LogP contribution in [0.1, 0.15) is 11.1 Å². The Bertz CT molecular complexity index is 930. The number of carbonyl (C=O) groups is 2. The molecule has 0 saturated carbocycles. The molecule has 0 aromatic heterocycles. The predicted molar refractivity (Wildman–Crippen MR) is 137 cm³/mol. The molecule has 0 bridgehead atoms.